The SMILES string of the molecule is COc1ccc([N+](=O)[O-])cc1-c1ccc(C=NNc2nc(Nc3ccc(C)cc3)nc(N3CCC(Cc4ccccc4)CC3)n2)o1. The molecule has 0 aliphatic carbocycles. The Labute approximate surface area is 266 Å². The molecule has 2 aromatic heterocycles. The van der Waals surface area contributed by atoms with E-state index in [0.29, 0.717) is 40.6 Å². The van der Waals surface area contributed by atoms with Crippen LogP contribution in [-0.4, -0.2) is 46.3 Å². The van der Waals surface area contributed by atoms with Crippen LogP contribution in [0.3, 0.4) is 0 Å². The Hall–Kier alpha value is -5.78. The first-order chi connectivity index (χ1) is 22.4. The molecule has 234 valence electrons. The molecule has 12 nitrogen and oxygen atoms in total. The zero-order chi connectivity index (χ0) is 31.9. The van der Waals surface area contributed by atoms with Gasteiger partial charge in [0.15, 0.2) is 0 Å². The number of hydrazone groups is 1. The molecule has 0 atom stereocenters. The molecule has 1 saturated heterocycles. The molecule has 0 amide bonds. The molecule has 1 aliphatic heterocycles. The first-order valence-corrected chi connectivity index (χ1v) is 15.0. The van der Waals surface area contributed by atoms with E-state index in [2.05, 4.69) is 61.0 Å². The van der Waals surface area contributed by atoms with Gasteiger partial charge in [-0.05, 0) is 68.0 Å². The number of hydrogen-bond donors (Lipinski definition) is 2. The first kappa shape index (κ1) is 30.3. The number of nitro benzene ring substituents is 1. The molecule has 1 fully saturated rings. The number of non-ortho nitro benzene ring substituents is 1. The average molecular weight is 619 g/mol. The fourth-order valence-electron chi connectivity index (χ4n) is 5.39. The number of aromatic nitrogens is 3. The van der Waals surface area contributed by atoms with Gasteiger partial charge in [0.25, 0.3) is 5.69 Å². The van der Waals surface area contributed by atoms with Crippen molar-refractivity contribution in [3.05, 3.63) is 112 Å². The van der Waals surface area contributed by atoms with E-state index in [4.69, 9.17) is 14.1 Å². The van der Waals surface area contributed by atoms with Crippen molar-refractivity contribution in [1.29, 1.82) is 0 Å². The first-order valence-electron chi connectivity index (χ1n) is 15.0. The second-order valence-corrected chi connectivity index (χ2v) is 11.1. The number of nitrogens with zero attached hydrogens (tertiary/aromatic N) is 6. The van der Waals surface area contributed by atoms with E-state index < -0.39 is 4.92 Å². The quantitative estimate of drug-likeness (QED) is 0.0901. The van der Waals surface area contributed by atoms with E-state index in [1.54, 1.807) is 12.1 Å². The van der Waals surface area contributed by atoms with E-state index in [9.17, 15) is 10.1 Å². The second kappa shape index (κ2) is 13.9. The Morgan fingerprint density at radius 1 is 1.00 bits per heavy atom. The van der Waals surface area contributed by atoms with Gasteiger partial charge in [-0.1, -0.05) is 48.0 Å². The third-order valence-electron chi connectivity index (χ3n) is 7.84. The summed E-state index contributed by atoms with van der Waals surface area (Å²) in [5.74, 6) is 3.13. The minimum Gasteiger partial charge on any atom is -0.496 e. The molecular weight excluding hydrogens is 584 g/mol. The molecule has 5 aromatic rings. The van der Waals surface area contributed by atoms with E-state index in [1.165, 1.54) is 37.1 Å². The molecule has 3 heterocycles. The van der Waals surface area contributed by atoms with Crippen molar-refractivity contribution in [3.8, 4) is 17.1 Å². The third-order valence-corrected chi connectivity index (χ3v) is 7.84. The van der Waals surface area contributed by atoms with Crippen LogP contribution in [0.5, 0.6) is 5.75 Å². The Kier molecular flexibility index (Phi) is 9.14. The summed E-state index contributed by atoms with van der Waals surface area (Å²) in [4.78, 5) is 27.0. The van der Waals surface area contributed by atoms with Crippen LogP contribution in [0, 0.1) is 23.0 Å². The third kappa shape index (κ3) is 7.46. The van der Waals surface area contributed by atoms with Crippen LogP contribution in [0.1, 0.15) is 29.7 Å². The number of anilines is 4. The fraction of sp³-hybridized carbons (Fsp3) is 0.235. The van der Waals surface area contributed by atoms with Crippen molar-refractivity contribution in [1.82, 2.24) is 15.0 Å². The number of furan rings is 1. The van der Waals surface area contributed by atoms with Crippen LogP contribution in [-0.2, 0) is 6.42 Å². The summed E-state index contributed by atoms with van der Waals surface area (Å²) < 4.78 is 11.3. The minimum atomic E-state index is -0.462. The molecule has 2 N–H and O–H groups in total. The molecule has 46 heavy (non-hydrogen) atoms. The molecule has 0 bridgehead atoms. The lowest BCUT2D eigenvalue weighted by Crippen LogP contribution is -2.35. The lowest BCUT2D eigenvalue weighted by Gasteiger charge is -2.32. The van der Waals surface area contributed by atoms with Gasteiger partial charge in [0.2, 0.25) is 17.8 Å². The van der Waals surface area contributed by atoms with Crippen LogP contribution in [0.4, 0.5) is 29.2 Å². The van der Waals surface area contributed by atoms with Crippen molar-refractivity contribution in [3.63, 3.8) is 0 Å². The largest absolute Gasteiger partial charge is 0.496 e. The Morgan fingerprint density at radius 2 is 1.76 bits per heavy atom. The summed E-state index contributed by atoms with van der Waals surface area (Å²) in [7, 11) is 1.50. The highest BCUT2D eigenvalue weighted by Gasteiger charge is 2.23. The van der Waals surface area contributed by atoms with Crippen LogP contribution in [0.2, 0.25) is 0 Å². The average Bonchev–Trinajstić information content (AvgIpc) is 3.55. The number of methoxy groups -OCH3 is 1. The van der Waals surface area contributed by atoms with Gasteiger partial charge in [-0.15, -0.1) is 0 Å². The Morgan fingerprint density at radius 3 is 2.50 bits per heavy atom. The van der Waals surface area contributed by atoms with Gasteiger partial charge in [-0.25, -0.2) is 5.43 Å². The van der Waals surface area contributed by atoms with Gasteiger partial charge in [-0.2, -0.15) is 20.1 Å². The summed E-state index contributed by atoms with van der Waals surface area (Å²) in [6.45, 7) is 3.71. The fourth-order valence-corrected chi connectivity index (χ4v) is 5.39. The van der Waals surface area contributed by atoms with Gasteiger partial charge in [-0.3, -0.25) is 10.1 Å². The van der Waals surface area contributed by atoms with E-state index in [0.717, 1.165) is 43.6 Å². The van der Waals surface area contributed by atoms with Crippen molar-refractivity contribution in [2.24, 2.45) is 11.0 Å². The zero-order valence-electron chi connectivity index (χ0n) is 25.6. The van der Waals surface area contributed by atoms with Gasteiger partial charge < -0.3 is 19.4 Å². The highest BCUT2D eigenvalue weighted by molar-refractivity contribution is 5.79. The van der Waals surface area contributed by atoms with Crippen molar-refractivity contribution < 1.29 is 14.1 Å². The summed E-state index contributed by atoms with van der Waals surface area (Å²) >= 11 is 0. The summed E-state index contributed by atoms with van der Waals surface area (Å²) in [6, 6.07) is 26.4. The molecular formula is C34H34N8O4. The topological polar surface area (TPSA) is 144 Å². The maximum Gasteiger partial charge on any atom is 0.270 e. The zero-order valence-corrected chi connectivity index (χ0v) is 25.6. The minimum absolute atomic E-state index is 0.0646. The lowest BCUT2D eigenvalue weighted by atomic mass is 9.90. The van der Waals surface area contributed by atoms with Crippen molar-refractivity contribution in [2.75, 3.05) is 35.8 Å². The highest BCUT2D eigenvalue weighted by atomic mass is 16.6. The number of rotatable bonds is 11. The Balaban J connectivity index is 1.18. The number of ether oxygens (including phenoxy) is 1. The molecule has 0 spiro atoms. The highest BCUT2D eigenvalue weighted by Crippen LogP contribution is 2.34. The van der Waals surface area contributed by atoms with Gasteiger partial charge >= 0.3 is 0 Å². The summed E-state index contributed by atoms with van der Waals surface area (Å²) in [6.07, 6.45) is 4.63. The molecule has 12 heteroatoms. The second-order valence-electron chi connectivity index (χ2n) is 11.1. The molecule has 0 saturated carbocycles. The Bertz CT molecular complexity index is 1820. The predicted octanol–water partition coefficient (Wildman–Crippen LogP) is 7.01. The lowest BCUT2D eigenvalue weighted by molar-refractivity contribution is -0.384. The van der Waals surface area contributed by atoms with E-state index in [-0.39, 0.29) is 11.6 Å². The number of hydrogen-bond acceptors (Lipinski definition) is 11. The summed E-state index contributed by atoms with van der Waals surface area (Å²) in [5, 5.41) is 18.9. The molecule has 0 radical (unpaired) electrons. The molecule has 6 rings (SSSR count). The van der Waals surface area contributed by atoms with Crippen LogP contribution in [0.25, 0.3) is 11.3 Å². The number of nitrogens with one attached hydrogen (secondary N) is 2. The van der Waals surface area contributed by atoms with Crippen LogP contribution >= 0.6 is 0 Å². The van der Waals surface area contributed by atoms with E-state index in [1.807, 2.05) is 31.2 Å². The van der Waals surface area contributed by atoms with Crippen LogP contribution < -0.4 is 20.4 Å². The normalized spacial score (nSPS) is 13.6. The van der Waals surface area contributed by atoms with Crippen LogP contribution in [0.15, 0.2) is 94.4 Å². The number of nitro groups is 1. The monoisotopic (exact) mass is 618 g/mol. The van der Waals surface area contributed by atoms with E-state index >= 15 is 0 Å². The maximum absolute atomic E-state index is 11.3. The van der Waals surface area contributed by atoms with Crippen molar-refractivity contribution >= 4 is 35.4 Å². The van der Waals surface area contributed by atoms with Crippen molar-refractivity contribution in [2.45, 2.75) is 26.2 Å². The molecule has 3 aromatic carbocycles. The van der Waals surface area contributed by atoms with Gasteiger partial charge in [0, 0.05) is 30.9 Å². The van der Waals surface area contributed by atoms with Gasteiger partial charge in [0.05, 0.1) is 23.8 Å². The number of piperidine rings is 1. The van der Waals surface area contributed by atoms with Gasteiger partial charge in [0.1, 0.15) is 17.3 Å². The smallest absolute Gasteiger partial charge is 0.270 e. The number of benzene rings is 3. The standard InChI is InChI=1S/C34H34N8O4/c1-23-8-10-26(11-9-23)36-32-37-33(39-34(38-32)41-18-16-25(17-19-41)20-24-6-4-3-5-7-24)40-35-22-28-13-15-31(46-28)29-21-27(42(43)44)12-14-30(29)45-2/h3-15,21-22,25H,16-20H2,1-2H3,(H2,36,37,38,39,40). The molecule has 1 aliphatic rings. The molecule has 0 unspecified atom stereocenters. The predicted molar refractivity (Wildman–Crippen MR) is 178 cm³/mol. The maximum atomic E-state index is 11.3. The summed E-state index contributed by atoms with van der Waals surface area (Å²) in [5.41, 5.74) is 6.69. The number of aryl methyl sites for hydroxylation is 1.